The monoisotopic (exact) mass is 328 g/mol. The van der Waals surface area contributed by atoms with Crippen LogP contribution in [0.1, 0.15) is 18.7 Å². The summed E-state index contributed by atoms with van der Waals surface area (Å²) in [6, 6.07) is 11.5. The number of fused-ring (bicyclic) bond motifs is 1. The van der Waals surface area contributed by atoms with Crippen molar-refractivity contribution in [1.29, 1.82) is 0 Å². The molecule has 0 radical (unpaired) electrons. The quantitative estimate of drug-likeness (QED) is 0.693. The third kappa shape index (κ3) is 3.90. The van der Waals surface area contributed by atoms with Gasteiger partial charge in [-0.1, -0.05) is 12.1 Å². The standard InChI is InChI=1S/C18H17FN2O3/c1-12-20-15-11-13(8-9-17(15)24-12)21-18(22)7-4-10-23-16-6-3-2-5-14(16)19/h2-3,5-6,8-9,11H,4,7,10H2,1H3,(H,21,22). The van der Waals surface area contributed by atoms with E-state index in [2.05, 4.69) is 10.3 Å². The van der Waals surface area contributed by atoms with Crippen LogP contribution in [0.15, 0.2) is 46.9 Å². The van der Waals surface area contributed by atoms with E-state index in [4.69, 9.17) is 9.15 Å². The van der Waals surface area contributed by atoms with E-state index in [9.17, 15) is 9.18 Å². The number of carbonyl (C=O) groups is 1. The number of nitrogens with one attached hydrogen (secondary N) is 1. The largest absolute Gasteiger partial charge is 0.491 e. The lowest BCUT2D eigenvalue weighted by atomic mass is 10.2. The van der Waals surface area contributed by atoms with Gasteiger partial charge in [0, 0.05) is 19.0 Å². The average molecular weight is 328 g/mol. The van der Waals surface area contributed by atoms with Crippen molar-refractivity contribution in [3.63, 3.8) is 0 Å². The van der Waals surface area contributed by atoms with E-state index in [-0.39, 0.29) is 24.7 Å². The number of nitrogens with zero attached hydrogens (tertiary/aromatic N) is 1. The highest BCUT2D eigenvalue weighted by Gasteiger charge is 2.07. The van der Waals surface area contributed by atoms with Crippen LogP contribution in [0.25, 0.3) is 11.1 Å². The Balaban J connectivity index is 1.47. The van der Waals surface area contributed by atoms with Gasteiger partial charge in [-0.2, -0.15) is 0 Å². The number of anilines is 1. The van der Waals surface area contributed by atoms with Gasteiger partial charge in [0.15, 0.2) is 23.0 Å². The van der Waals surface area contributed by atoms with Gasteiger partial charge in [0.1, 0.15) is 5.52 Å². The molecule has 24 heavy (non-hydrogen) atoms. The molecular formula is C18H17FN2O3. The molecule has 0 bridgehead atoms. The Morgan fingerprint density at radius 1 is 1.29 bits per heavy atom. The number of hydrogen-bond donors (Lipinski definition) is 1. The number of benzene rings is 2. The van der Waals surface area contributed by atoms with Gasteiger partial charge >= 0.3 is 0 Å². The van der Waals surface area contributed by atoms with Crippen molar-refractivity contribution in [2.75, 3.05) is 11.9 Å². The van der Waals surface area contributed by atoms with Crippen molar-refractivity contribution in [2.45, 2.75) is 19.8 Å². The van der Waals surface area contributed by atoms with Gasteiger partial charge < -0.3 is 14.5 Å². The maximum absolute atomic E-state index is 13.4. The smallest absolute Gasteiger partial charge is 0.224 e. The third-order valence-corrected chi connectivity index (χ3v) is 3.42. The summed E-state index contributed by atoms with van der Waals surface area (Å²) in [5, 5.41) is 2.80. The van der Waals surface area contributed by atoms with Gasteiger partial charge in [-0.05, 0) is 36.8 Å². The van der Waals surface area contributed by atoms with Crippen molar-refractivity contribution < 1.29 is 18.3 Å². The molecule has 0 unspecified atom stereocenters. The molecule has 6 heteroatoms. The Morgan fingerprint density at radius 3 is 2.96 bits per heavy atom. The second-order valence-electron chi connectivity index (χ2n) is 5.35. The first-order valence-electron chi connectivity index (χ1n) is 7.66. The van der Waals surface area contributed by atoms with Gasteiger partial charge in [-0.25, -0.2) is 9.37 Å². The number of ether oxygens (including phenoxy) is 1. The Bertz CT molecular complexity index is 860. The first kappa shape index (κ1) is 16.0. The molecule has 0 aliphatic carbocycles. The molecule has 2 aromatic carbocycles. The summed E-state index contributed by atoms with van der Waals surface area (Å²) in [5.74, 6) is 0.244. The number of para-hydroxylation sites is 1. The van der Waals surface area contributed by atoms with Crippen molar-refractivity contribution in [2.24, 2.45) is 0 Å². The van der Waals surface area contributed by atoms with E-state index in [0.29, 0.717) is 29.1 Å². The molecule has 0 aliphatic heterocycles. The molecule has 0 spiro atoms. The van der Waals surface area contributed by atoms with Crippen LogP contribution >= 0.6 is 0 Å². The van der Waals surface area contributed by atoms with E-state index >= 15 is 0 Å². The molecule has 0 aliphatic rings. The van der Waals surface area contributed by atoms with Gasteiger partial charge in [0.25, 0.3) is 0 Å². The summed E-state index contributed by atoms with van der Waals surface area (Å²) in [6.45, 7) is 2.05. The highest BCUT2D eigenvalue weighted by molar-refractivity contribution is 5.92. The van der Waals surface area contributed by atoms with Crippen LogP contribution in [0, 0.1) is 12.7 Å². The first-order valence-corrected chi connectivity index (χ1v) is 7.66. The normalized spacial score (nSPS) is 10.8. The lowest BCUT2D eigenvalue weighted by Crippen LogP contribution is -2.12. The van der Waals surface area contributed by atoms with Crippen LogP contribution in [0.2, 0.25) is 0 Å². The SMILES string of the molecule is Cc1nc2cc(NC(=O)CCCOc3ccccc3F)ccc2o1. The van der Waals surface area contributed by atoms with Crippen LogP contribution in [-0.2, 0) is 4.79 Å². The highest BCUT2D eigenvalue weighted by atomic mass is 19.1. The number of halogens is 1. The zero-order valence-corrected chi connectivity index (χ0v) is 13.2. The van der Waals surface area contributed by atoms with Crippen molar-refractivity contribution in [1.82, 2.24) is 4.98 Å². The van der Waals surface area contributed by atoms with Crippen LogP contribution in [0.4, 0.5) is 10.1 Å². The Hall–Kier alpha value is -2.89. The van der Waals surface area contributed by atoms with Gasteiger partial charge in [-0.3, -0.25) is 4.79 Å². The molecule has 0 atom stereocenters. The fraction of sp³-hybridized carbons (Fsp3) is 0.222. The van der Waals surface area contributed by atoms with Crippen LogP contribution < -0.4 is 10.1 Å². The van der Waals surface area contributed by atoms with Gasteiger partial charge in [0.2, 0.25) is 5.91 Å². The van der Waals surface area contributed by atoms with Crippen LogP contribution in [-0.4, -0.2) is 17.5 Å². The zero-order chi connectivity index (χ0) is 16.9. The number of aromatic nitrogens is 1. The lowest BCUT2D eigenvalue weighted by Gasteiger charge is -2.07. The summed E-state index contributed by atoms with van der Waals surface area (Å²) < 4.78 is 24.1. The number of amides is 1. The fourth-order valence-corrected chi connectivity index (χ4v) is 2.32. The number of rotatable bonds is 6. The van der Waals surface area contributed by atoms with Crippen LogP contribution in [0.3, 0.4) is 0 Å². The van der Waals surface area contributed by atoms with Gasteiger partial charge in [0.05, 0.1) is 6.61 Å². The minimum atomic E-state index is -0.404. The fourth-order valence-electron chi connectivity index (χ4n) is 2.32. The molecule has 1 N–H and O–H groups in total. The summed E-state index contributed by atoms with van der Waals surface area (Å²) in [5.41, 5.74) is 2.05. The molecule has 1 amide bonds. The van der Waals surface area contributed by atoms with Gasteiger partial charge in [-0.15, -0.1) is 0 Å². The number of oxazole rings is 1. The van der Waals surface area contributed by atoms with Crippen molar-refractivity contribution >= 4 is 22.7 Å². The molecule has 1 heterocycles. The summed E-state index contributed by atoms with van der Waals surface area (Å²) >= 11 is 0. The average Bonchev–Trinajstić information content (AvgIpc) is 2.92. The van der Waals surface area contributed by atoms with Crippen LogP contribution in [0.5, 0.6) is 5.75 Å². The van der Waals surface area contributed by atoms with E-state index in [0.717, 1.165) is 0 Å². The summed E-state index contributed by atoms with van der Waals surface area (Å²) in [7, 11) is 0. The molecule has 1 aromatic heterocycles. The Kier molecular flexibility index (Phi) is 4.74. The molecule has 0 fully saturated rings. The molecule has 3 aromatic rings. The molecule has 5 nitrogen and oxygen atoms in total. The lowest BCUT2D eigenvalue weighted by molar-refractivity contribution is -0.116. The predicted molar refractivity (Wildman–Crippen MR) is 88.5 cm³/mol. The Morgan fingerprint density at radius 2 is 2.12 bits per heavy atom. The van der Waals surface area contributed by atoms with E-state index in [1.165, 1.54) is 6.07 Å². The van der Waals surface area contributed by atoms with E-state index < -0.39 is 5.82 Å². The van der Waals surface area contributed by atoms with Crippen molar-refractivity contribution in [3.8, 4) is 5.75 Å². The number of aryl methyl sites for hydroxylation is 1. The second-order valence-corrected chi connectivity index (χ2v) is 5.35. The molecular weight excluding hydrogens is 311 g/mol. The minimum absolute atomic E-state index is 0.133. The molecule has 124 valence electrons. The van der Waals surface area contributed by atoms with E-state index in [1.807, 2.05) is 0 Å². The number of carbonyl (C=O) groups excluding carboxylic acids is 1. The first-order chi connectivity index (χ1) is 11.6. The van der Waals surface area contributed by atoms with E-state index in [1.54, 1.807) is 43.3 Å². The zero-order valence-electron chi connectivity index (χ0n) is 13.2. The predicted octanol–water partition coefficient (Wildman–Crippen LogP) is 4.07. The minimum Gasteiger partial charge on any atom is -0.491 e. The molecule has 0 saturated carbocycles. The molecule has 0 saturated heterocycles. The van der Waals surface area contributed by atoms with Crippen molar-refractivity contribution in [3.05, 3.63) is 54.2 Å². The maximum Gasteiger partial charge on any atom is 0.224 e. The molecule has 3 rings (SSSR count). The third-order valence-electron chi connectivity index (χ3n) is 3.42. The summed E-state index contributed by atoms with van der Waals surface area (Å²) in [4.78, 5) is 16.2. The maximum atomic E-state index is 13.4. The topological polar surface area (TPSA) is 64.4 Å². The Labute approximate surface area is 138 Å². The second kappa shape index (κ2) is 7.12. The summed E-state index contributed by atoms with van der Waals surface area (Å²) in [6.07, 6.45) is 0.774. The highest BCUT2D eigenvalue weighted by Crippen LogP contribution is 2.20. The number of hydrogen-bond acceptors (Lipinski definition) is 4.